The SMILES string of the molecule is CCNC(O)N1CCC(n2/c(=N/C(=O)c3cccc(C(F)(F)F)c3)[nH]c3cc(N4CCOCC4=O)ccc32)CC1. The molecular formula is C27H31F3N6O4. The number of alkyl halides is 3. The molecule has 3 N–H and O–H groups in total. The van der Waals surface area contributed by atoms with Gasteiger partial charge in [0, 0.05) is 36.9 Å². The highest BCUT2D eigenvalue weighted by atomic mass is 19.4. The van der Waals surface area contributed by atoms with Gasteiger partial charge < -0.3 is 24.3 Å². The molecule has 3 aromatic rings. The number of carbonyl (C=O) groups excluding carboxylic acids is 2. The molecule has 5 rings (SSSR count). The average molecular weight is 561 g/mol. The largest absolute Gasteiger partial charge is 0.416 e. The molecular weight excluding hydrogens is 529 g/mol. The fraction of sp³-hybridized carbons (Fsp3) is 0.444. The summed E-state index contributed by atoms with van der Waals surface area (Å²) in [7, 11) is 0. The summed E-state index contributed by atoms with van der Waals surface area (Å²) >= 11 is 0. The molecule has 0 bridgehead atoms. The van der Waals surface area contributed by atoms with Crippen LogP contribution >= 0.6 is 0 Å². The lowest BCUT2D eigenvalue weighted by Gasteiger charge is -2.35. The highest BCUT2D eigenvalue weighted by Crippen LogP contribution is 2.30. The number of piperidine rings is 1. The van der Waals surface area contributed by atoms with Crippen LogP contribution in [-0.2, 0) is 15.7 Å². The molecule has 2 amide bonds. The lowest BCUT2D eigenvalue weighted by Crippen LogP contribution is -2.49. The summed E-state index contributed by atoms with van der Waals surface area (Å²) in [5.74, 6) is -0.976. The zero-order valence-corrected chi connectivity index (χ0v) is 21.9. The monoisotopic (exact) mass is 560 g/mol. The Bertz CT molecular complexity index is 1460. The van der Waals surface area contributed by atoms with Crippen molar-refractivity contribution < 1.29 is 32.6 Å². The van der Waals surface area contributed by atoms with Crippen LogP contribution in [0.1, 0.15) is 41.7 Å². The van der Waals surface area contributed by atoms with Crippen molar-refractivity contribution in [2.24, 2.45) is 4.99 Å². The van der Waals surface area contributed by atoms with Crippen molar-refractivity contribution in [1.29, 1.82) is 0 Å². The van der Waals surface area contributed by atoms with Crippen molar-refractivity contribution in [3.05, 3.63) is 59.2 Å². The van der Waals surface area contributed by atoms with Gasteiger partial charge in [0.05, 0.1) is 23.2 Å². The molecule has 13 heteroatoms. The number of ether oxygens (including phenoxy) is 1. The standard InChI is InChI=1S/C27H31F3N6O4/c1-2-31-26(39)34-10-8-19(9-11-34)36-22-7-6-20(35-12-13-40-16-23(35)37)15-21(22)32-25(36)33-24(38)17-4-3-5-18(14-17)27(28,29)30/h3-7,14-15,19,26,31,39H,2,8-13,16H2,1H3,(H,32,33,38). The fourth-order valence-electron chi connectivity index (χ4n) is 5.23. The number of nitrogens with zero attached hydrogens (tertiary/aromatic N) is 4. The maximum atomic E-state index is 13.2. The number of amides is 2. The molecule has 40 heavy (non-hydrogen) atoms. The minimum absolute atomic E-state index is 0.00779. The van der Waals surface area contributed by atoms with E-state index >= 15 is 0 Å². The molecule has 2 saturated heterocycles. The van der Waals surface area contributed by atoms with Crippen LogP contribution in [0.25, 0.3) is 11.0 Å². The minimum atomic E-state index is -4.59. The molecule has 0 radical (unpaired) electrons. The van der Waals surface area contributed by atoms with E-state index in [1.54, 1.807) is 11.0 Å². The Morgan fingerprint density at radius 2 is 1.98 bits per heavy atom. The Morgan fingerprint density at radius 1 is 1.20 bits per heavy atom. The predicted octanol–water partition coefficient (Wildman–Crippen LogP) is 2.61. The normalized spacial score (nSPS) is 19.0. The second kappa shape index (κ2) is 11.5. The van der Waals surface area contributed by atoms with Crippen LogP contribution in [0.3, 0.4) is 0 Å². The van der Waals surface area contributed by atoms with Crippen molar-refractivity contribution in [1.82, 2.24) is 19.8 Å². The number of aromatic amines is 1. The van der Waals surface area contributed by atoms with E-state index in [-0.39, 0.29) is 29.7 Å². The van der Waals surface area contributed by atoms with Crippen molar-refractivity contribution >= 4 is 28.5 Å². The number of morpholine rings is 1. The molecule has 2 aromatic carbocycles. The minimum Gasteiger partial charge on any atom is -0.370 e. The number of rotatable bonds is 6. The third-order valence-corrected chi connectivity index (χ3v) is 7.25. The zero-order valence-electron chi connectivity index (χ0n) is 21.9. The van der Waals surface area contributed by atoms with Crippen LogP contribution in [0.5, 0.6) is 0 Å². The third kappa shape index (κ3) is 5.82. The maximum Gasteiger partial charge on any atom is 0.416 e. The van der Waals surface area contributed by atoms with Gasteiger partial charge in [0.25, 0.3) is 11.8 Å². The van der Waals surface area contributed by atoms with Crippen LogP contribution in [-0.4, -0.2) is 77.1 Å². The van der Waals surface area contributed by atoms with E-state index in [0.717, 1.165) is 17.6 Å². The summed E-state index contributed by atoms with van der Waals surface area (Å²) < 4.78 is 46.9. The van der Waals surface area contributed by atoms with E-state index < -0.39 is 24.0 Å². The van der Waals surface area contributed by atoms with E-state index in [4.69, 9.17) is 4.74 Å². The first-order valence-corrected chi connectivity index (χ1v) is 13.2. The number of anilines is 1. The molecule has 10 nitrogen and oxygen atoms in total. The second-order valence-corrected chi connectivity index (χ2v) is 9.81. The number of halogens is 3. The maximum absolute atomic E-state index is 13.2. The van der Waals surface area contributed by atoms with E-state index in [9.17, 15) is 27.9 Å². The number of aliphatic hydroxyl groups excluding tert-OH is 1. The van der Waals surface area contributed by atoms with Crippen LogP contribution in [0.2, 0.25) is 0 Å². The summed E-state index contributed by atoms with van der Waals surface area (Å²) in [5.41, 5.74) is 1.13. The Morgan fingerprint density at radius 3 is 2.67 bits per heavy atom. The van der Waals surface area contributed by atoms with Crippen LogP contribution < -0.4 is 15.8 Å². The summed E-state index contributed by atoms with van der Waals surface area (Å²) in [6.45, 7) is 4.51. The van der Waals surface area contributed by atoms with E-state index in [1.807, 2.05) is 28.5 Å². The lowest BCUT2D eigenvalue weighted by atomic mass is 10.0. The first-order valence-electron chi connectivity index (χ1n) is 13.2. The Labute approximate surface area is 228 Å². The molecule has 214 valence electrons. The quantitative estimate of drug-likeness (QED) is 0.400. The number of likely N-dealkylation sites (tertiary alicyclic amines) is 1. The second-order valence-electron chi connectivity index (χ2n) is 9.81. The Balaban J connectivity index is 1.54. The number of aliphatic hydroxyl groups is 1. The fourth-order valence-corrected chi connectivity index (χ4v) is 5.23. The van der Waals surface area contributed by atoms with Crippen molar-refractivity contribution in [3.8, 4) is 0 Å². The molecule has 2 aliphatic heterocycles. The number of fused-ring (bicyclic) bond motifs is 1. The van der Waals surface area contributed by atoms with Gasteiger partial charge in [-0.1, -0.05) is 13.0 Å². The van der Waals surface area contributed by atoms with Gasteiger partial charge in [-0.05, 0) is 55.8 Å². The molecule has 0 aliphatic carbocycles. The number of nitrogens with one attached hydrogen (secondary N) is 2. The number of imidazole rings is 1. The van der Waals surface area contributed by atoms with E-state index in [1.165, 1.54) is 12.1 Å². The highest BCUT2D eigenvalue weighted by Gasteiger charge is 2.31. The van der Waals surface area contributed by atoms with Crippen molar-refractivity contribution in [2.45, 2.75) is 38.3 Å². The predicted molar refractivity (Wildman–Crippen MR) is 140 cm³/mol. The van der Waals surface area contributed by atoms with Crippen LogP contribution in [0, 0.1) is 0 Å². The van der Waals surface area contributed by atoms with E-state index in [0.29, 0.717) is 56.8 Å². The third-order valence-electron chi connectivity index (χ3n) is 7.25. The van der Waals surface area contributed by atoms with E-state index in [2.05, 4.69) is 15.3 Å². The number of carbonyl (C=O) groups is 2. The van der Waals surface area contributed by atoms with Gasteiger partial charge in [-0.15, -0.1) is 0 Å². The summed E-state index contributed by atoms with van der Waals surface area (Å²) in [4.78, 5) is 36.4. The molecule has 1 aromatic heterocycles. The molecule has 0 spiro atoms. The summed E-state index contributed by atoms with van der Waals surface area (Å²) in [6, 6.07) is 9.55. The van der Waals surface area contributed by atoms with Gasteiger partial charge >= 0.3 is 6.18 Å². The first-order chi connectivity index (χ1) is 19.2. The molecule has 1 unspecified atom stereocenters. The van der Waals surface area contributed by atoms with Gasteiger partial charge in [0.2, 0.25) is 5.62 Å². The number of H-pyrrole nitrogens is 1. The van der Waals surface area contributed by atoms with Crippen molar-refractivity contribution in [3.63, 3.8) is 0 Å². The summed E-state index contributed by atoms with van der Waals surface area (Å²) in [6.07, 6.45) is -4.07. The number of benzene rings is 2. The Hall–Kier alpha value is -3.52. The molecule has 3 heterocycles. The van der Waals surface area contributed by atoms with Gasteiger partial charge in [0.1, 0.15) is 6.61 Å². The zero-order chi connectivity index (χ0) is 28.4. The smallest absolute Gasteiger partial charge is 0.370 e. The highest BCUT2D eigenvalue weighted by molar-refractivity contribution is 5.97. The molecule has 2 fully saturated rings. The first kappa shape index (κ1) is 28.0. The van der Waals surface area contributed by atoms with Gasteiger partial charge in [0.15, 0.2) is 6.35 Å². The van der Waals surface area contributed by atoms with Crippen LogP contribution in [0.15, 0.2) is 47.5 Å². The number of aromatic nitrogens is 2. The Kier molecular flexibility index (Phi) is 8.08. The average Bonchev–Trinajstić information content (AvgIpc) is 3.30. The van der Waals surface area contributed by atoms with Crippen molar-refractivity contribution in [2.75, 3.05) is 44.3 Å². The lowest BCUT2D eigenvalue weighted by molar-refractivity contribution is -0.137. The number of hydrogen-bond donors (Lipinski definition) is 3. The molecule has 2 aliphatic rings. The van der Waals surface area contributed by atoms with Gasteiger partial charge in [-0.3, -0.25) is 19.8 Å². The molecule has 1 atom stereocenters. The topological polar surface area (TPSA) is 115 Å². The molecule has 0 saturated carbocycles. The number of hydrogen-bond acceptors (Lipinski definition) is 6. The van der Waals surface area contributed by atoms with Gasteiger partial charge in [-0.25, -0.2) is 0 Å². The van der Waals surface area contributed by atoms with Crippen LogP contribution in [0.4, 0.5) is 18.9 Å². The van der Waals surface area contributed by atoms with Gasteiger partial charge in [-0.2, -0.15) is 18.2 Å². The summed E-state index contributed by atoms with van der Waals surface area (Å²) in [5, 5.41) is 13.3.